The minimum Gasteiger partial charge on any atom is -0.356 e. The Morgan fingerprint density at radius 2 is 1.92 bits per heavy atom. The zero-order valence-corrected chi connectivity index (χ0v) is 16.0. The smallest absolute Gasteiger partial charge is 0.193 e. The minimum absolute atomic E-state index is 0.349. The fourth-order valence-electron chi connectivity index (χ4n) is 2.59. The maximum atomic E-state index is 11.5. The number of rotatable bonds is 6. The van der Waals surface area contributed by atoms with Gasteiger partial charge in [-0.15, -0.1) is 0 Å². The Morgan fingerprint density at radius 1 is 1.24 bits per heavy atom. The van der Waals surface area contributed by atoms with E-state index in [4.69, 9.17) is 0 Å². The van der Waals surface area contributed by atoms with E-state index in [1.165, 1.54) is 11.9 Å². The summed E-state index contributed by atoms with van der Waals surface area (Å²) in [7, 11) is 2.66. The molecular weight excluding hydrogens is 336 g/mol. The van der Waals surface area contributed by atoms with Crippen LogP contribution in [0.3, 0.4) is 0 Å². The first kappa shape index (κ1) is 19.1. The first-order chi connectivity index (χ1) is 11.8. The molecule has 0 bridgehead atoms. The van der Waals surface area contributed by atoms with Gasteiger partial charge >= 0.3 is 0 Å². The predicted octanol–water partition coefficient (Wildman–Crippen LogP) is 1.68. The Balaban J connectivity index is 1.87. The highest BCUT2D eigenvalue weighted by Gasteiger charge is 2.09. The first-order valence-corrected chi connectivity index (χ1v) is 10.0. The van der Waals surface area contributed by atoms with Gasteiger partial charge in [-0.05, 0) is 36.2 Å². The van der Waals surface area contributed by atoms with Gasteiger partial charge in [0, 0.05) is 45.8 Å². The normalized spacial score (nSPS) is 12.2. The molecule has 136 valence electrons. The Bertz CT molecular complexity index is 823. The number of aromatic nitrogens is 1. The van der Waals surface area contributed by atoms with E-state index < -0.39 is 9.84 Å². The molecule has 0 amide bonds. The summed E-state index contributed by atoms with van der Waals surface area (Å²) in [6.45, 7) is 1.49. The van der Waals surface area contributed by atoms with Crippen LogP contribution in [0.25, 0.3) is 0 Å². The molecule has 0 saturated carbocycles. The van der Waals surface area contributed by atoms with Gasteiger partial charge in [-0.1, -0.05) is 12.1 Å². The van der Waals surface area contributed by atoms with E-state index in [1.807, 2.05) is 38.5 Å². The van der Waals surface area contributed by atoms with Crippen molar-refractivity contribution in [2.75, 3.05) is 26.9 Å². The van der Waals surface area contributed by atoms with Gasteiger partial charge in [0.25, 0.3) is 0 Å². The van der Waals surface area contributed by atoms with E-state index in [0.29, 0.717) is 4.90 Å². The van der Waals surface area contributed by atoms with Crippen LogP contribution < -0.4 is 5.32 Å². The topological polar surface area (TPSA) is 66.7 Å². The molecule has 25 heavy (non-hydrogen) atoms. The third-order valence-corrected chi connectivity index (χ3v) is 5.20. The van der Waals surface area contributed by atoms with E-state index in [1.54, 1.807) is 19.2 Å². The number of guanidine groups is 1. The number of sulfone groups is 1. The number of nitrogens with one attached hydrogen (secondary N) is 1. The maximum absolute atomic E-state index is 11.5. The monoisotopic (exact) mass is 362 g/mol. The molecule has 0 fully saturated rings. The molecule has 1 aromatic heterocycles. The molecule has 2 rings (SSSR count). The average molecular weight is 362 g/mol. The standard InChI is InChI=1S/C18H26N4O2S/c1-19-18(22(3)14-16-6-5-13-21(16)2)20-12-11-15-7-9-17(10-8-15)25(4,23)24/h5-10,13H,11-12,14H2,1-4H3,(H,19,20). The van der Waals surface area contributed by atoms with Gasteiger partial charge in [-0.25, -0.2) is 8.42 Å². The molecule has 0 aliphatic rings. The van der Waals surface area contributed by atoms with Crippen LogP contribution in [0.15, 0.2) is 52.5 Å². The van der Waals surface area contributed by atoms with Crippen molar-refractivity contribution in [2.24, 2.45) is 12.0 Å². The number of aliphatic imine (C=N–C) groups is 1. The number of aryl methyl sites for hydroxylation is 1. The number of hydrogen-bond donors (Lipinski definition) is 1. The van der Waals surface area contributed by atoms with Crippen LogP contribution in [0.1, 0.15) is 11.3 Å². The third-order valence-electron chi connectivity index (χ3n) is 4.07. The summed E-state index contributed by atoms with van der Waals surface area (Å²) in [5, 5.41) is 3.34. The van der Waals surface area contributed by atoms with Crippen molar-refractivity contribution in [1.29, 1.82) is 0 Å². The van der Waals surface area contributed by atoms with Crippen LogP contribution in [0.2, 0.25) is 0 Å². The number of hydrogen-bond acceptors (Lipinski definition) is 3. The van der Waals surface area contributed by atoms with Gasteiger partial charge in [-0.3, -0.25) is 4.99 Å². The Kier molecular flexibility index (Phi) is 6.25. The van der Waals surface area contributed by atoms with E-state index >= 15 is 0 Å². The van der Waals surface area contributed by atoms with Crippen LogP contribution in [0.4, 0.5) is 0 Å². The Hall–Kier alpha value is -2.28. The second-order valence-corrected chi connectivity index (χ2v) is 8.12. The van der Waals surface area contributed by atoms with E-state index in [2.05, 4.69) is 25.8 Å². The summed E-state index contributed by atoms with van der Waals surface area (Å²) in [6, 6.07) is 11.1. The lowest BCUT2D eigenvalue weighted by molar-refractivity contribution is 0.462. The first-order valence-electron chi connectivity index (χ1n) is 8.12. The molecular formula is C18H26N4O2S. The molecule has 6 nitrogen and oxygen atoms in total. The van der Waals surface area contributed by atoms with Crippen LogP contribution in [0, 0.1) is 0 Å². The van der Waals surface area contributed by atoms with Crippen molar-refractivity contribution >= 4 is 15.8 Å². The third kappa shape index (κ3) is 5.35. The molecule has 0 saturated heterocycles. The molecule has 0 radical (unpaired) electrons. The van der Waals surface area contributed by atoms with Crippen molar-refractivity contribution < 1.29 is 8.42 Å². The largest absolute Gasteiger partial charge is 0.356 e. The van der Waals surface area contributed by atoms with Crippen molar-refractivity contribution in [3.63, 3.8) is 0 Å². The van der Waals surface area contributed by atoms with Crippen LogP contribution in [0.5, 0.6) is 0 Å². The van der Waals surface area contributed by atoms with Crippen molar-refractivity contribution in [3.8, 4) is 0 Å². The summed E-state index contributed by atoms with van der Waals surface area (Å²) < 4.78 is 25.1. The van der Waals surface area contributed by atoms with E-state index in [-0.39, 0.29) is 0 Å². The van der Waals surface area contributed by atoms with E-state index in [0.717, 1.165) is 31.0 Å². The molecule has 0 aliphatic carbocycles. The molecule has 7 heteroatoms. The summed E-state index contributed by atoms with van der Waals surface area (Å²) in [4.78, 5) is 6.74. The summed E-state index contributed by atoms with van der Waals surface area (Å²) in [5.41, 5.74) is 2.29. The van der Waals surface area contributed by atoms with Crippen LogP contribution in [-0.4, -0.2) is 50.7 Å². The SMILES string of the molecule is CN=C(NCCc1ccc(S(C)(=O)=O)cc1)N(C)Cc1cccn1C. The minimum atomic E-state index is -3.14. The quantitative estimate of drug-likeness (QED) is 0.627. The van der Waals surface area contributed by atoms with Gasteiger partial charge in [-0.2, -0.15) is 0 Å². The summed E-state index contributed by atoms with van der Waals surface area (Å²) >= 11 is 0. The fraction of sp³-hybridized carbons (Fsp3) is 0.389. The van der Waals surface area contributed by atoms with Gasteiger partial charge < -0.3 is 14.8 Å². The van der Waals surface area contributed by atoms with Gasteiger partial charge in [0.15, 0.2) is 15.8 Å². The molecule has 1 heterocycles. The second-order valence-electron chi connectivity index (χ2n) is 6.11. The molecule has 1 N–H and O–H groups in total. The predicted molar refractivity (Wildman–Crippen MR) is 101 cm³/mol. The lowest BCUT2D eigenvalue weighted by atomic mass is 10.1. The molecule has 0 atom stereocenters. The molecule has 0 aliphatic heterocycles. The maximum Gasteiger partial charge on any atom is 0.193 e. The van der Waals surface area contributed by atoms with Crippen LogP contribution >= 0.6 is 0 Å². The fourth-order valence-corrected chi connectivity index (χ4v) is 3.22. The van der Waals surface area contributed by atoms with Crippen LogP contribution in [-0.2, 0) is 29.9 Å². The number of benzene rings is 1. The lowest BCUT2D eigenvalue weighted by Gasteiger charge is -2.22. The molecule has 0 spiro atoms. The van der Waals surface area contributed by atoms with Crippen molar-refractivity contribution in [3.05, 3.63) is 53.9 Å². The van der Waals surface area contributed by atoms with Crippen molar-refractivity contribution in [2.45, 2.75) is 17.9 Å². The molecule has 0 unspecified atom stereocenters. The Morgan fingerprint density at radius 3 is 2.44 bits per heavy atom. The molecule has 2 aromatic rings. The van der Waals surface area contributed by atoms with Gasteiger partial charge in [0.1, 0.15) is 0 Å². The van der Waals surface area contributed by atoms with Crippen molar-refractivity contribution in [1.82, 2.24) is 14.8 Å². The Labute approximate surface area is 150 Å². The summed E-state index contributed by atoms with van der Waals surface area (Å²) in [5.74, 6) is 0.828. The zero-order valence-electron chi connectivity index (χ0n) is 15.2. The second kappa shape index (κ2) is 8.20. The number of nitrogens with zero attached hydrogens (tertiary/aromatic N) is 3. The highest BCUT2D eigenvalue weighted by molar-refractivity contribution is 7.90. The highest BCUT2D eigenvalue weighted by Crippen LogP contribution is 2.10. The summed E-state index contributed by atoms with van der Waals surface area (Å²) in [6.07, 6.45) is 4.04. The van der Waals surface area contributed by atoms with Gasteiger partial charge in [0.2, 0.25) is 0 Å². The zero-order chi connectivity index (χ0) is 18.4. The highest BCUT2D eigenvalue weighted by atomic mass is 32.2. The van der Waals surface area contributed by atoms with E-state index in [9.17, 15) is 8.42 Å². The van der Waals surface area contributed by atoms with Gasteiger partial charge in [0.05, 0.1) is 11.4 Å². The lowest BCUT2D eigenvalue weighted by Crippen LogP contribution is -2.39. The average Bonchev–Trinajstić information content (AvgIpc) is 2.96. The molecule has 1 aromatic carbocycles.